The molecular formula is C24H30FNO4. The Hall–Kier alpha value is -2.63. The maximum absolute atomic E-state index is 14.5. The van der Waals surface area contributed by atoms with Crippen LogP contribution in [0.5, 0.6) is 5.75 Å². The fourth-order valence-electron chi connectivity index (χ4n) is 4.15. The molecule has 30 heavy (non-hydrogen) atoms. The van der Waals surface area contributed by atoms with Crippen LogP contribution in [-0.2, 0) is 9.53 Å². The third-order valence-electron chi connectivity index (χ3n) is 5.48. The molecule has 162 valence electrons. The van der Waals surface area contributed by atoms with Gasteiger partial charge in [-0.25, -0.2) is 9.18 Å². The highest BCUT2D eigenvalue weighted by Gasteiger charge is 2.49. The molecule has 1 amide bonds. The van der Waals surface area contributed by atoms with Crippen LogP contribution in [0.1, 0.15) is 62.9 Å². The van der Waals surface area contributed by atoms with Crippen LogP contribution in [0.4, 0.5) is 4.39 Å². The van der Waals surface area contributed by atoms with Crippen molar-refractivity contribution in [1.82, 2.24) is 5.32 Å². The first-order chi connectivity index (χ1) is 14.1. The summed E-state index contributed by atoms with van der Waals surface area (Å²) in [5.74, 6) is -0.411. The van der Waals surface area contributed by atoms with Crippen molar-refractivity contribution in [2.75, 3.05) is 6.61 Å². The van der Waals surface area contributed by atoms with E-state index >= 15 is 0 Å². The monoisotopic (exact) mass is 415 g/mol. The number of alkyl halides is 1. The standard InChI is InChI=1S/C24H30FNO4/c1-6-29-22(28)24(13-17-10-11-23(5,25)12-18(17)14-24)26-21(27)19-9-7-8-16(4)20(19)30-15(2)3/h7-11,15H,6,12-14H2,1-5H3,(H,26,27). The van der Waals surface area contributed by atoms with E-state index in [0.717, 1.165) is 16.7 Å². The SMILES string of the molecule is CCOC(=O)C1(NC(=O)c2cccc(C)c2OC(C)C)CC2=C(CC(C)(F)C=C2)C1. The summed E-state index contributed by atoms with van der Waals surface area (Å²) in [5, 5.41) is 2.93. The van der Waals surface area contributed by atoms with Crippen molar-refractivity contribution >= 4 is 11.9 Å². The molecule has 0 heterocycles. The Kier molecular flexibility index (Phi) is 6.06. The van der Waals surface area contributed by atoms with Gasteiger partial charge in [0.25, 0.3) is 5.91 Å². The molecule has 2 aliphatic rings. The summed E-state index contributed by atoms with van der Waals surface area (Å²) in [6.07, 6.45) is 3.87. The van der Waals surface area contributed by atoms with Gasteiger partial charge < -0.3 is 14.8 Å². The lowest BCUT2D eigenvalue weighted by Crippen LogP contribution is -2.54. The van der Waals surface area contributed by atoms with E-state index in [1.54, 1.807) is 25.1 Å². The predicted molar refractivity (Wildman–Crippen MR) is 113 cm³/mol. The lowest BCUT2D eigenvalue weighted by Gasteiger charge is -2.29. The number of carbonyl (C=O) groups excluding carboxylic acids is 2. The fraction of sp³-hybridized carbons (Fsp3) is 0.500. The first kappa shape index (κ1) is 22.1. The zero-order valence-electron chi connectivity index (χ0n) is 18.3. The van der Waals surface area contributed by atoms with Crippen molar-refractivity contribution in [2.24, 2.45) is 0 Å². The molecule has 2 atom stereocenters. The second-order valence-corrected chi connectivity index (χ2v) is 8.65. The average Bonchev–Trinajstić information content (AvgIpc) is 3.00. The van der Waals surface area contributed by atoms with Gasteiger partial charge in [0.2, 0.25) is 0 Å². The third kappa shape index (κ3) is 4.42. The number of halogens is 1. The van der Waals surface area contributed by atoms with E-state index in [0.29, 0.717) is 11.3 Å². The first-order valence-corrected chi connectivity index (χ1v) is 10.4. The Morgan fingerprint density at radius 2 is 1.97 bits per heavy atom. The van der Waals surface area contributed by atoms with Crippen molar-refractivity contribution in [3.05, 3.63) is 52.6 Å². The molecule has 1 N–H and O–H groups in total. The lowest BCUT2D eigenvalue weighted by molar-refractivity contribution is -0.150. The summed E-state index contributed by atoms with van der Waals surface area (Å²) in [7, 11) is 0. The second kappa shape index (κ2) is 8.25. The van der Waals surface area contributed by atoms with Crippen molar-refractivity contribution < 1.29 is 23.5 Å². The smallest absolute Gasteiger partial charge is 0.332 e. The second-order valence-electron chi connectivity index (χ2n) is 8.65. The Balaban J connectivity index is 1.92. The molecule has 3 rings (SSSR count). The van der Waals surface area contributed by atoms with Gasteiger partial charge in [-0.1, -0.05) is 23.8 Å². The van der Waals surface area contributed by atoms with Gasteiger partial charge in [0.1, 0.15) is 17.0 Å². The molecule has 6 heteroatoms. The Bertz CT molecular complexity index is 916. The van der Waals surface area contributed by atoms with E-state index in [2.05, 4.69) is 5.32 Å². The van der Waals surface area contributed by atoms with E-state index < -0.39 is 23.1 Å². The topological polar surface area (TPSA) is 64.6 Å². The number of nitrogens with one attached hydrogen (secondary N) is 1. The van der Waals surface area contributed by atoms with Gasteiger partial charge in [0.05, 0.1) is 18.3 Å². The maximum atomic E-state index is 14.5. The highest BCUT2D eigenvalue weighted by molar-refractivity contribution is 6.01. The highest BCUT2D eigenvalue weighted by atomic mass is 19.1. The van der Waals surface area contributed by atoms with Crippen molar-refractivity contribution in [3.8, 4) is 5.75 Å². The first-order valence-electron chi connectivity index (χ1n) is 10.4. The van der Waals surface area contributed by atoms with Crippen molar-refractivity contribution in [1.29, 1.82) is 0 Å². The molecule has 2 aliphatic carbocycles. The molecule has 0 aliphatic heterocycles. The van der Waals surface area contributed by atoms with Crippen molar-refractivity contribution in [3.63, 3.8) is 0 Å². The number of benzene rings is 1. The van der Waals surface area contributed by atoms with Crippen LogP contribution >= 0.6 is 0 Å². The minimum atomic E-state index is -1.46. The summed E-state index contributed by atoms with van der Waals surface area (Å²) in [5.41, 5.74) is 0.230. The number of carbonyl (C=O) groups is 2. The number of amides is 1. The number of para-hydroxylation sites is 1. The van der Waals surface area contributed by atoms with E-state index in [1.807, 2.05) is 26.8 Å². The van der Waals surface area contributed by atoms with Crippen LogP contribution in [0.2, 0.25) is 0 Å². The van der Waals surface area contributed by atoms with E-state index in [1.165, 1.54) is 13.0 Å². The molecule has 1 aromatic carbocycles. The normalized spacial score (nSPS) is 25.3. The average molecular weight is 416 g/mol. The van der Waals surface area contributed by atoms with Crippen LogP contribution in [0.3, 0.4) is 0 Å². The van der Waals surface area contributed by atoms with Crippen LogP contribution < -0.4 is 10.1 Å². The molecule has 0 radical (unpaired) electrons. The number of hydrogen-bond donors (Lipinski definition) is 1. The minimum Gasteiger partial charge on any atom is -0.490 e. The number of hydrogen-bond acceptors (Lipinski definition) is 4. The van der Waals surface area contributed by atoms with Crippen LogP contribution in [0, 0.1) is 6.92 Å². The van der Waals surface area contributed by atoms with Gasteiger partial charge in [-0.2, -0.15) is 0 Å². The minimum absolute atomic E-state index is 0.107. The highest BCUT2D eigenvalue weighted by Crippen LogP contribution is 2.44. The summed E-state index contributed by atoms with van der Waals surface area (Å²) in [6.45, 7) is 9.09. The van der Waals surface area contributed by atoms with Gasteiger partial charge in [-0.3, -0.25) is 4.79 Å². The van der Waals surface area contributed by atoms with Gasteiger partial charge in [-0.05, 0) is 57.9 Å². The fourth-order valence-corrected chi connectivity index (χ4v) is 4.15. The van der Waals surface area contributed by atoms with E-state index in [-0.39, 0.29) is 32.0 Å². The predicted octanol–water partition coefficient (Wildman–Crippen LogP) is 4.59. The third-order valence-corrected chi connectivity index (χ3v) is 5.48. The largest absolute Gasteiger partial charge is 0.490 e. The van der Waals surface area contributed by atoms with Gasteiger partial charge in [0.15, 0.2) is 0 Å². The van der Waals surface area contributed by atoms with E-state index in [4.69, 9.17) is 9.47 Å². The van der Waals surface area contributed by atoms with E-state index in [9.17, 15) is 14.0 Å². The van der Waals surface area contributed by atoms with Crippen LogP contribution in [-0.4, -0.2) is 35.8 Å². The van der Waals surface area contributed by atoms with Crippen molar-refractivity contribution in [2.45, 2.75) is 71.2 Å². The molecule has 0 bridgehead atoms. The zero-order valence-corrected chi connectivity index (χ0v) is 18.3. The Morgan fingerprint density at radius 1 is 1.23 bits per heavy atom. The summed E-state index contributed by atoms with van der Waals surface area (Å²) in [6, 6.07) is 5.34. The lowest BCUT2D eigenvalue weighted by atomic mass is 9.89. The number of esters is 1. The molecule has 0 saturated carbocycles. The number of aryl methyl sites for hydroxylation is 1. The molecule has 1 aromatic rings. The Labute approximate surface area is 177 Å². The number of ether oxygens (including phenoxy) is 2. The molecule has 0 aromatic heterocycles. The zero-order chi connectivity index (χ0) is 22.1. The molecule has 0 fully saturated rings. The molecular weight excluding hydrogens is 385 g/mol. The van der Waals surface area contributed by atoms with Gasteiger partial charge in [-0.15, -0.1) is 0 Å². The summed E-state index contributed by atoms with van der Waals surface area (Å²) in [4.78, 5) is 26.2. The maximum Gasteiger partial charge on any atom is 0.332 e. The van der Waals surface area contributed by atoms with Crippen LogP contribution in [0.25, 0.3) is 0 Å². The molecule has 0 saturated heterocycles. The van der Waals surface area contributed by atoms with Crippen LogP contribution in [0.15, 0.2) is 41.5 Å². The Morgan fingerprint density at radius 3 is 2.63 bits per heavy atom. The van der Waals surface area contributed by atoms with Gasteiger partial charge >= 0.3 is 5.97 Å². The molecule has 2 unspecified atom stereocenters. The quantitative estimate of drug-likeness (QED) is 0.690. The number of rotatable bonds is 6. The van der Waals surface area contributed by atoms with Gasteiger partial charge in [0, 0.05) is 19.3 Å². The number of allylic oxidation sites excluding steroid dienone is 2. The molecule has 5 nitrogen and oxygen atoms in total. The summed E-state index contributed by atoms with van der Waals surface area (Å²) < 4.78 is 25.7. The molecule has 0 spiro atoms. The summed E-state index contributed by atoms with van der Waals surface area (Å²) >= 11 is 0.